The zero-order chi connectivity index (χ0) is 25.4. The number of hydrogen-bond acceptors (Lipinski definition) is 5. The molecule has 3 aliphatic rings. The standard InChI is InChI=1S/C30H29ClN4O2/c1-30(19-34(20-30)27(21-8-4-2-5-9-21)22-10-6-3-7-11-22)35(26-14-16-32-29(31)33-26)28(36)24-12-13-25-23(18-24)15-17-37-25/h2-6,8-10,12-14,16,18,27H,7,11,15,17,19-20H2,1H3. The van der Waals surface area contributed by atoms with E-state index < -0.39 is 5.54 Å². The molecule has 37 heavy (non-hydrogen) atoms. The van der Waals surface area contributed by atoms with Gasteiger partial charge in [0.25, 0.3) is 5.91 Å². The zero-order valence-electron chi connectivity index (χ0n) is 20.8. The maximum atomic E-state index is 14.1. The first-order valence-corrected chi connectivity index (χ1v) is 13.1. The molecular weight excluding hydrogens is 484 g/mol. The van der Waals surface area contributed by atoms with Crippen LogP contribution >= 0.6 is 11.6 Å². The minimum absolute atomic E-state index is 0.0947. The maximum Gasteiger partial charge on any atom is 0.260 e. The Bertz CT molecular complexity index is 1380. The summed E-state index contributed by atoms with van der Waals surface area (Å²) >= 11 is 6.19. The molecule has 0 bridgehead atoms. The number of hydrogen-bond donors (Lipinski definition) is 0. The van der Waals surface area contributed by atoms with E-state index in [0.29, 0.717) is 31.1 Å². The summed E-state index contributed by atoms with van der Waals surface area (Å²) in [6.07, 6.45) is 11.1. The third-order valence-corrected chi connectivity index (χ3v) is 7.67. The number of anilines is 1. The van der Waals surface area contributed by atoms with Gasteiger partial charge in [0, 0.05) is 31.3 Å². The Morgan fingerprint density at radius 2 is 1.97 bits per heavy atom. The van der Waals surface area contributed by atoms with Crippen molar-refractivity contribution in [3.05, 3.63) is 107 Å². The summed E-state index contributed by atoms with van der Waals surface area (Å²) in [6, 6.07) is 18.2. The van der Waals surface area contributed by atoms with Gasteiger partial charge in [-0.05, 0) is 72.3 Å². The molecule has 6 rings (SSSR count). The topological polar surface area (TPSA) is 58.6 Å². The van der Waals surface area contributed by atoms with Crippen LogP contribution in [0.1, 0.15) is 47.3 Å². The zero-order valence-corrected chi connectivity index (χ0v) is 21.6. The van der Waals surface area contributed by atoms with Gasteiger partial charge >= 0.3 is 0 Å². The molecule has 3 heterocycles. The van der Waals surface area contributed by atoms with Crippen LogP contribution in [0.15, 0.2) is 84.6 Å². The Kier molecular flexibility index (Phi) is 6.31. The van der Waals surface area contributed by atoms with Crippen molar-refractivity contribution in [1.82, 2.24) is 14.9 Å². The van der Waals surface area contributed by atoms with Crippen LogP contribution in [0.3, 0.4) is 0 Å². The van der Waals surface area contributed by atoms with Gasteiger partial charge in [-0.2, -0.15) is 0 Å². The lowest BCUT2D eigenvalue weighted by molar-refractivity contribution is 0.0412. The first-order chi connectivity index (χ1) is 18.0. The van der Waals surface area contributed by atoms with Crippen LogP contribution in [0.5, 0.6) is 5.75 Å². The number of nitrogens with zero attached hydrogens (tertiary/aromatic N) is 4. The van der Waals surface area contributed by atoms with Crippen LogP contribution in [-0.4, -0.2) is 46.0 Å². The molecule has 0 saturated carbocycles. The van der Waals surface area contributed by atoms with Gasteiger partial charge in [0.15, 0.2) is 0 Å². The van der Waals surface area contributed by atoms with Gasteiger partial charge in [-0.1, -0.05) is 48.6 Å². The van der Waals surface area contributed by atoms with Crippen LogP contribution in [0.25, 0.3) is 0 Å². The average Bonchev–Trinajstić information content (AvgIpc) is 3.37. The number of aromatic nitrogens is 2. The monoisotopic (exact) mass is 512 g/mol. The number of carbonyl (C=O) groups excluding carboxylic acids is 1. The highest BCUT2D eigenvalue weighted by Crippen LogP contribution is 2.42. The molecule has 1 aliphatic carbocycles. The third kappa shape index (κ3) is 4.56. The lowest BCUT2D eigenvalue weighted by Gasteiger charge is -2.56. The fraction of sp³-hybridized carbons (Fsp3) is 0.300. The van der Waals surface area contributed by atoms with Gasteiger partial charge in [-0.3, -0.25) is 14.6 Å². The molecule has 0 radical (unpaired) electrons. The van der Waals surface area contributed by atoms with E-state index in [9.17, 15) is 4.79 Å². The summed E-state index contributed by atoms with van der Waals surface area (Å²) < 4.78 is 5.65. The first kappa shape index (κ1) is 23.9. The molecule has 7 heteroatoms. The number of likely N-dealkylation sites (tertiary alicyclic amines) is 1. The van der Waals surface area contributed by atoms with Crippen molar-refractivity contribution < 1.29 is 9.53 Å². The van der Waals surface area contributed by atoms with Gasteiger partial charge in [0.1, 0.15) is 11.6 Å². The van der Waals surface area contributed by atoms with Gasteiger partial charge in [0.2, 0.25) is 5.28 Å². The van der Waals surface area contributed by atoms with Gasteiger partial charge in [-0.25, -0.2) is 9.97 Å². The van der Waals surface area contributed by atoms with Gasteiger partial charge in [-0.15, -0.1) is 0 Å². The first-order valence-electron chi connectivity index (χ1n) is 12.8. The smallest absolute Gasteiger partial charge is 0.260 e. The lowest BCUT2D eigenvalue weighted by atomic mass is 9.82. The number of benzene rings is 2. The molecule has 2 aliphatic heterocycles. The van der Waals surface area contributed by atoms with E-state index >= 15 is 0 Å². The van der Waals surface area contributed by atoms with Crippen molar-refractivity contribution in [1.29, 1.82) is 0 Å². The largest absolute Gasteiger partial charge is 0.493 e. The normalized spacial score (nSPS) is 18.8. The molecule has 1 aromatic heterocycles. The van der Waals surface area contributed by atoms with Crippen molar-refractivity contribution in [2.75, 3.05) is 24.6 Å². The molecule has 188 valence electrons. The van der Waals surface area contributed by atoms with E-state index in [0.717, 1.165) is 30.6 Å². The number of halogens is 1. The molecule has 0 N–H and O–H groups in total. The summed E-state index contributed by atoms with van der Waals surface area (Å²) in [5.41, 5.74) is 3.89. The fourth-order valence-corrected chi connectivity index (χ4v) is 5.96. The van der Waals surface area contributed by atoms with Crippen molar-refractivity contribution in [2.24, 2.45) is 0 Å². The Morgan fingerprint density at radius 3 is 2.73 bits per heavy atom. The molecule has 3 aromatic rings. The summed E-state index contributed by atoms with van der Waals surface area (Å²) in [7, 11) is 0. The summed E-state index contributed by atoms with van der Waals surface area (Å²) in [5, 5.41) is 0.124. The number of fused-ring (bicyclic) bond motifs is 1. The minimum Gasteiger partial charge on any atom is -0.493 e. The van der Waals surface area contributed by atoms with E-state index in [1.54, 1.807) is 12.3 Å². The van der Waals surface area contributed by atoms with Gasteiger partial charge < -0.3 is 4.74 Å². The summed E-state index contributed by atoms with van der Waals surface area (Å²) in [6.45, 7) is 4.19. The second-order valence-corrected chi connectivity index (χ2v) is 10.5. The summed E-state index contributed by atoms with van der Waals surface area (Å²) in [4.78, 5) is 26.9. The molecule has 1 amide bonds. The van der Waals surface area contributed by atoms with Crippen LogP contribution in [0.4, 0.5) is 5.82 Å². The Labute approximate surface area is 222 Å². The van der Waals surface area contributed by atoms with Crippen LogP contribution < -0.4 is 9.64 Å². The van der Waals surface area contributed by atoms with Crippen LogP contribution in [0, 0.1) is 0 Å². The van der Waals surface area contributed by atoms with Crippen LogP contribution in [-0.2, 0) is 6.42 Å². The second kappa shape index (κ2) is 9.77. The molecular formula is C30H29ClN4O2. The lowest BCUT2D eigenvalue weighted by Crippen LogP contribution is -2.70. The maximum absolute atomic E-state index is 14.1. The molecule has 2 aromatic carbocycles. The predicted molar refractivity (Wildman–Crippen MR) is 145 cm³/mol. The van der Waals surface area contributed by atoms with Crippen LogP contribution in [0.2, 0.25) is 5.28 Å². The Morgan fingerprint density at radius 1 is 1.14 bits per heavy atom. The van der Waals surface area contributed by atoms with E-state index in [-0.39, 0.29) is 17.2 Å². The molecule has 1 unspecified atom stereocenters. The number of carbonyl (C=O) groups is 1. The summed E-state index contributed by atoms with van der Waals surface area (Å²) in [5.74, 6) is 1.28. The van der Waals surface area contributed by atoms with E-state index in [1.807, 2.05) is 23.1 Å². The highest BCUT2D eigenvalue weighted by Gasteiger charge is 2.50. The molecule has 0 spiro atoms. The molecule has 1 saturated heterocycles. The van der Waals surface area contributed by atoms with Gasteiger partial charge in [0.05, 0.1) is 18.2 Å². The average molecular weight is 513 g/mol. The van der Waals surface area contributed by atoms with E-state index in [2.05, 4.69) is 70.4 Å². The Balaban J connectivity index is 1.34. The SMILES string of the molecule is CC1(N(C(=O)c2ccc3c(c2)CCO3)c2ccnc(Cl)n2)CN(C(C2=CC=CCC2)c2ccccc2)C1. The number of allylic oxidation sites excluding steroid dienone is 3. The number of rotatable bonds is 6. The van der Waals surface area contributed by atoms with Crippen molar-refractivity contribution in [3.8, 4) is 5.75 Å². The van der Waals surface area contributed by atoms with Crippen molar-refractivity contribution in [3.63, 3.8) is 0 Å². The van der Waals surface area contributed by atoms with Crippen molar-refractivity contribution in [2.45, 2.75) is 37.8 Å². The second-order valence-electron chi connectivity index (χ2n) is 10.2. The predicted octanol–water partition coefficient (Wildman–Crippen LogP) is 5.80. The highest BCUT2D eigenvalue weighted by molar-refractivity contribution is 6.28. The van der Waals surface area contributed by atoms with Crippen molar-refractivity contribution >= 4 is 23.3 Å². The molecule has 6 nitrogen and oxygen atoms in total. The Hall–Kier alpha value is -3.48. The van der Waals surface area contributed by atoms with E-state index in [4.69, 9.17) is 16.3 Å². The molecule has 1 fully saturated rings. The fourth-order valence-electron chi connectivity index (χ4n) is 5.82. The highest BCUT2D eigenvalue weighted by atomic mass is 35.5. The quantitative estimate of drug-likeness (QED) is 0.390. The number of ether oxygens (including phenoxy) is 1. The molecule has 1 atom stereocenters. The minimum atomic E-state index is -0.470. The van der Waals surface area contributed by atoms with E-state index in [1.165, 1.54) is 11.1 Å². The number of amides is 1. The third-order valence-electron chi connectivity index (χ3n) is 7.49.